The lowest BCUT2D eigenvalue weighted by Crippen LogP contribution is -2.42. The Morgan fingerprint density at radius 2 is 1.97 bits per heavy atom. The molecule has 1 atom stereocenters. The van der Waals surface area contributed by atoms with E-state index in [0.29, 0.717) is 17.2 Å². The number of ether oxygens (including phenoxy) is 1. The monoisotopic (exact) mass is 455 g/mol. The van der Waals surface area contributed by atoms with Gasteiger partial charge in [0.1, 0.15) is 5.75 Å². The zero-order valence-electron chi connectivity index (χ0n) is 16.5. The van der Waals surface area contributed by atoms with E-state index in [9.17, 15) is 19.5 Å². The molecular weight excluding hydrogens is 438 g/mol. The number of rotatable bonds is 6. The van der Waals surface area contributed by atoms with Crippen LogP contribution in [0.2, 0.25) is 5.02 Å². The van der Waals surface area contributed by atoms with E-state index in [-0.39, 0.29) is 34.2 Å². The van der Waals surface area contributed by atoms with Crippen LogP contribution in [-0.2, 0) is 11.2 Å². The third kappa shape index (κ3) is 4.06. The molecule has 6 nitrogen and oxygen atoms in total. The average Bonchev–Trinajstić information content (AvgIpc) is 3.18. The predicted octanol–water partition coefficient (Wildman–Crippen LogP) is 5.01. The fourth-order valence-corrected chi connectivity index (χ4v) is 4.66. The molecule has 31 heavy (non-hydrogen) atoms. The van der Waals surface area contributed by atoms with Gasteiger partial charge >= 0.3 is 5.97 Å². The number of hydrogen-bond donors (Lipinski definition) is 1. The van der Waals surface area contributed by atoms with Gasteiger partial charge in [0.05, 0.1) is 34.9 Å². The number of hydrogen-bond acceptors (Lipinski definition) is 5. The molecule has 0 fully saturated rings. The van der Waals surface area contributed by atoms with Gasteiger partial charge in [-0.2, -0.15) is 0 Å². The molecular formula is C23H18ClNO5S. The van der Waals surface area contributed by atoms with Gasteiger partial charge in [0.2, 0.25) is 5.91 Å². The highest BCUT2D eigenvalue weighted by atomic mass is 35.5. The maximum absolute atomic E-state index is 13.1. The molecule has 2 aromatic carbocycles. The van der Waals surface area contributed by atoms with Gasteiger partial charge in [0.25, 0.3) is 5.91 Å². The SMILES string of the molecule is CC(COc1ccc(Cl)c(N2C(=O)Cc3scc(C(=O)O)c3C2=O)c1)c1ccccc1. The lowest BCUT2D eigenvalue weighted by atomic mass is 10.0. The third-order valence-corrected chi connectivity index (χ3v) is 6.41. The topological polar surface area (TPSA) is 83.9 Å². The van der Waals surface area contributed by atoms with E-state index >= 15 is 0 Å². The van der Waals surface area contributed by atoms with Crippen LogP contribution >= 0.6 is 22.9 Å². The summed E-state index contributed by atoms with van der Waals surface area (Å²) < 4.78 is 5.90. The number of amides is 2. The molecule has 0 bridgehead atoms. The van der Waals surface area contributed by atoms with Gasteiger partial charge in [-0.25, -0.2) is 9.69 Å². The zero-order valence-corrected chi connectivity index (χ0v) is 18.1. The highest BCUT2D eigenvalue weighted by molar-refractivity contribution is 7.11. The second kappa shape index (κ2) is 8.53. The molecule has 0 aliphatic carbocycles. The lowest BCUT2D eigenvalue weighted by molar-refractivity contribution is -0.117. The van der Waals surface area contributed by atoms with Crippen molar-refractivity contribution in [1.29, 1.82) is 0 Å². The number of imide groups is 1. The predicted molar refractivity (Wildman–Crippen MR) is 119 cm³/mol. The van der Waals surface area contributed by atoms with Gasteiger partial charge in [-0.1, -0.05) is 48.9 Å². The molecule has 1 aromatic heterocycles. The maximum Gasteiger partial charge on any atom is 0.337 e. The molecule has 2 heterocycles. The molecule has 1 unspecified atom stereocenters. The number of carbonyl (C=O) groups is 3. The van der Waals surface area contributed by atoms with Crippen LogP contribution in [0.4, 0.5) is 5.69 Å². The first-order chi connectivity index (χ1) is 14.9. The van der Waals surface area contributed by atoms with E-state index in [0.717, 1.165) is 21.8 Å². The summed E-state index contributed by atoms with van der Waals surface area (Å²) in [7, 11) is 0. The van der Waals surface area contributed by atoms with Crippen molar-refractivity contribution in [3.8, 4) is 5.75 Å². The van der Waals surface area contributed by atoms with Crippen molar-refractivity contribution in [3.05, 3.63) is 80.5 Å². The Morgan fingerprint density at radius 1 is 1.23 bits per heavy atom. The number of carbonyl (C=O) groups excluding carboxylic acids is 2. The number of halogens is 1. The highest BCUT2D eigenvalue weighted by Gasteiger charge is 2.37. The zero-order chi connectivity index (χ0) is 22.1. The van der Waals surface area contributed by atoms with E-state index in [2.05, 4.69) is 0 Å². The summed E-state index contributed by atoms with van der Waals surface area (Å²) >= 11 is 7.40. The summed E-state index contributed by atoms with van der Waals surface area (Å²) in [6, 6.07) is 14.7. The van der Waals surface area contributed by atoms with Crippen molar-refractivity contribution in [2.24, 2.45) is 0 Å². The van der Waals surface area contributed by atoms with Crippen LogP contribution in [0, 0.1) is 0 Å². The summed E-state index contributed by atoms with van der Waals surface area (Å²) in [5, 5.41) is 11.0. The van der Waals surface area contributed by atoms with Crippen LogP contribution < -0.4 is 9.64 Å². The standard InChI is InChI=1S/C23H18ClNO5S/c1-13(14-5-3-2-4-6-14)11-30-15-7-8-17(24)18(9-15)25-20(26)10-19-21(22(25)27)16(12-31-19)23(28)29/h2-9,12-13H,10-11H2,1H3,(H,28,29). The molecule has 1 aliphatic rings. The summed E-state index contributed by atoms with van der Waals surface area (Å²) in [6.45, 7) is 2.43. The lowest BCUT2D eigenvalue weighted by Gasteiger charge is -2.26. The van der Waals surface area contributed by atoms with Gasteiger partial charge in [-0.05, 0) is 17.7 Å². The average molecular weight is 456 g/mol. The van der Waals surface area contributed by atoms with Gasteiger partial charge in [0.15, 0.2) is 0 Å². The number of thiophene rings is 1. The smallest absolute Gasteiger partial charge is 0.337 e. The Morgan fingerprint density at radius 3 is 2.68 bits per heavy atom. The minimum absolute atomic E-state index is 0.0391. The van der Waals surface area contributed by atoms with E-state index in [4.69, 9.17) is 16.3 Å². The summed E-state index contributed by atoms with van der Waals surface area (Å²) in [4.78, 5) is 38.7. The molecule has 4 rings (SSSR count). The quantitative estimate of drug-likeness (QED) is 0.528. The Balaban J connectivity index is 1.61. The number of anilines is 1. The summed E-state index contributed by atoms with van der Waals surface area (Å²) in [6.07, 6.45) is -0.0640. The number of aromatic carboxylic acids is 1. The molecule has 1 aliphatic heterocycles. The molecule has 2 amide bonds. The van der Waals surface area contributed by atoms with Crippen molar-refractivity contribution < 1.29 is 24.2 Å². The van der Waals surface area contributed by atoms with Crippen molar-refractivity contribution in [1.82, 2.24) is 0 Å². The molecule has 3 aromatic rings. The van der Waals surface area contributed by atoms with Crippen LogP contribution in [0.1, 0.15) is 44.0 Å². The van der Waals surface area contributed by atoms with Crippen molar-refractivity contribution >= 4 is 46.4 Å². The van der Waals surface area contributed by atoms with Crippen LogP contribution in [0.3, 0.4) is 0 Å². The Labute approximate surface area is 187 Å². The van der Waals surface area contributed by atoms with Gasteiger partial charge in [-0.15, -0.1) is 11.3 Å². The number of nitrogens with zero attached hydrogens (tertiary/aromatic N) is 1. The van der Waals surface area contributed by atoms with E-state index < -0.39 is 17.8 Å². The molecule has 0 saturated heterocycles. The molecule has 0 radical (unpaired) electrons. The van der Waals surface area contributed by atoms with Crippen LogP contribution in [0.5, 0.6) is 5.75 Å². The Hall–Kier alpha value is -3.16. The van der Waals surface area contributed by atoms with E-state index in [1.807, 2.05) is 37.3 Å². The summed E-state index contributed by atoms with van der Waals surface area (Å²) in [5.74, 6) is -1.78. The third-order valence-electron chi connectivity index (χ3n) is 5.10. The van der Waals surface area contributed by atoms with Gasteiger partial charge < -0.3 is 9.84 Å². The number of carboxylic acid groups (broad SMARTS) is 1. The minimum Gasteiger partial charge on any atom is -0.493 e. The second-order valence-electron chi connectivity index (χ2n) is 7.20. The highest BCUT2D eigenvalue weighted by Crippen LogP contribution is 2.37. The number of carboxylic acids is 1. The van der Waals surface area contributed by atoms with Crippen molar-refractivity contribution in [3.63, 3.8) is 0 Å². The molecule has 1 N–H and O–H groups in total. The molecule has 8 heteroatoms. The van der Waals surface area contributed by atoms with Crippen molar-refractivity contribution in [2.75, 3.05) is 11.5 Å². The van der Waals surface area contributed by atoms with E-state index in [1.165, 1.54) is 11.4 Å². The number of benzene rings is 2. The fraction of sp³-hybridized carbons (Fsp3) is 0.174. The second-order valence-corrected chi connectivity index (χ2v) is 8.57. The molecule has 158 valence electrons. The minimum atomic E-state index is -1.21. The summed E-state index contributed by atoms with van der Waals surface area (Å²) in [5.41, 5.74) is 1.24. The van der Waals surface area contributed by atoms with E-state index in [1.54, 1.807) is 12.1 Å². The van der Waals surface area contributed by atoms with Gasteiger partial charge in [0, 0.05) is 22.2 Å². The Bertz CT molecular complexity index is 1170. The largest absolute Gasteiger partial charge is 0.493 e. The van der Waals surface area contributed by atoms with Crippen molar-refractivity contribution in [2.45, 2.75) is 19.3 Å². The maximum atomic E-state index is 13.1. The fourth-order valence-electron chi connectivity index (χ4n) is 3.46. The first-order valence-corrected chi connectivity index (χ1v) is 10.8. The normalized spacial score (nSPS) is 14.3. The van der Waals surface area contributed by atoms with Crippen LogP contribution in [0.25, 0.3) is 0 Å². The first kappa shape index (κ1) is 21.1. The first-order valence-electron chi connectivity index (χ1n) is 9.55. The Kier molecular flexibility index (Phi) is 5.80. The number of fused-ring (bicyclic) bond motifs is 1. The van der Waals surface area contributed by atoms with Crippen LogP contribution in [0.15, 0.2) is 53.9 Å². The van der Waals surface area contributed by atoms with Crippen LogP contribution in [-0.4, -0.2) is 29.5 Å². The molecule has 0 spiro atoms. The molecule has 0 saturated carbocycles. The van der Waals surface area contributed by atoms with Gasteiger partial charge in [-0.3, -0.25) is 9.59 Å².